The van der Waals surface area contributed by atoms with E-state index in [2.05, 4.69) is 34.6 Å². The van der Waals surface area contributed by atoms with E-state index in [1.54, 1.807) is 6.92 Å². The van der Waals surface area contributed by atoms with Crippen molar-refractivity contribution in [2.24, 2.45) is 23.7 Å². The number of fused-ring (bicyclic) bond motifs is 8. The van der Waals surface area contributed by atoms with Crippen molar-refractivity contribution in [3.8, 4) is 0 Å². The molecule has 1 saturated carbocycles. The summed E-state index contributed by atoms with van der Waals surface area (Å²) in [5.41, 5.74) is -0.748. The van der Waals surface area contributed by atoms with E-state index in [1.165, 1.54) is 6.42 Å². The van der Waals surface area contributed by atoms with Crippen LogP contribution in [0.2, 0.25) is 0 Å². The number of carbonyl (C=O) groups excluding carboxylic acids is 1. The molecular formula is C22H36O4. The summed E-state index contributed by atoms with van der Waals surface area (Å²) in [6.45, 7) is 12.9. The number of esters is 1. The number of hydrogen-bond acceptors (Lipinski definition) is 4. The smallest absolute Gasteiger partial charge is 0.303 e. The molecule has 0 N–H and O–H groups in total. The van der Waals surface area contributed by atoms with Crippen LogP contribution in [0.4, 0.5) is 0 Å². The van der Waals surface area contributed by atoms with Crippen molar-refractivity contribution in [2.45, 2.75) is 109 Å². The molecule has 0 unspecified atom stereocenters. The fourth-order valence-electron chi connectivity index (χ4n) is 7.10. The van der Waals surface area contributed by atoms with Crippen LogP contribution in [0, 0.1) is 23.7 Å². The van der Waals surface area contributed by atoms with E-state index in [0.717, 1.165) is 32.1 Å². The molecule has 4 aliphatic rings. The zero-order chi connectivity index (χ0) is 18.9. The number of carbonyl (C=O) groups is 1. The summed E-state index contributed by atoms with van der Waals surface area (Å²) in [6.07, 6.45) is 6.58. The maximum Gasteiger partial charge on any atom is 0.303 e. The first kappa shape index (κ1) is 18.7. The van der Waals surface area contributed by atoms with E-state index in [0.29, 0.717) is 17.8 Å². The number of rotatable bonds is 2. The van der Waals surface area contributed by atoms with Crippen molar-refractivity contribution in [3.05, 3.63) is 0 Å². The number of ether oxygens (including phenoxy) is 3. The van der Waals surface area contributed by atoms with Gasteiger partial charge in [-0.3, -0.25) is 4.79 Å². The van der Waals surface area contributed by atoms with E-state index in [-0.39, 0.29) is 35.3 Å². The molecule has 4 fully saturated rings. The predicted octanol–water partition coefficient (Wildman–Crippen LogP) is 4.50. The number of hydrogen-bond donors (Lipinski definition) is 0. The molecular weight excluding hydrogens is 328 g/mol. The zero-order valence-corrected chi connectivity index (χ0v) is 17.3. The lowest BCUT2D eigenvalue weighted by Crippen LogP contribution is -2.60. The van der Waals surface area contributed by atoms with Crippen molar-refractivity contribution >= 4 is 5.97 Å². The second-order valence-corrected chi connectivity index (χ2v) is 10.5. The third-order valence-electron chi connectivity index (χ3n) is 7.99. The topological polar surface area (TPSA) is 44.8 Å². The Kier molecular flexibility index (Phi) is 4.28. The zero-order valence-electron chi connectivity index (χ0n) is 17.3. The molecule has 0 spiro atoms. The average Bonchev–Trinajstić information content (AvgIpc) is 2.83. The summed E-state index contributed by atoms with van der Waals surface area (Å²) in [5, 5.41) is 0. The largest absolute Gasteiger partial charge is 0.459 e. The molecule has 3 aliphatic heterocycles. The standard InChI is InChI=1S/C22H36O4/c1-13(2)15-8-11-21(5,25-14(3)23)18-16-12-20(4)9-7-10-22(6,26-20)19(24-16)17(15)18/h13,15-19H,7-12H2,1-6H3/t15-,16-,17-,18-,19-,20+,21-,22-/m1/s1. The Bertz CT molecular complexity index is 589. The lowest BCUT2D eigenvalue weighted by Gasteiger charge is -2.55. The molecule has 1 aliphatic carbocycles. The van der Waals surface area contributed by atoms with Crippen LogP contribution in [-0.4, -0.2) is 35.0 Å². The maximum atomic E-state index is 11.9. The van der Waals surface area contributed by atoms with E-state index in [1.807, 2.05) is 0 Å². The van der Waals surface area contributed by atoms with Gasteiger partial charge in [-0.25, -0.2) is 0 Å². The molecule has 4 rings (SSSR count). The molecule has 4 heteroatoms. The van der Waals surface area contributed by atoms with Gasteiger partial charge in [-0.2, -0.15) is 0 Å². The summed E-state index contributed by atoms with van der Waals surface area (Å²) in [5.74, 6) is 1.73. The molecule has 0 aromatic heterocycles. The van der Waals surface area contributed by atoms with E-state index in [4.69, 9.17) is 14.2 Å². The van der Waals surface area contributed by atoms with Crippen molar-refractivity contribution in [2.75, 3.05) is 0 Å². The summed E-state index contributed by atoms with van der Waals surface area (Å²) in [4.78, 5) is 11.9. The fourth-order valence-corrected chi connectivity index (χ4v) is 7.10. The van der Waals surface area contributed by atoms with Crippen LogP contribution in [-0.2, 0) is 19.0 Å². The van der Waals surface area contributed by atoms with Crippen molar-refractivity contribution in [3.63, 3.8) is 0 Å². The Morgan fingerprint density at radius 2 is 1.88 bits per heavy atom. The van der Waals surface area contributed by atoms with Gasteiger partial charge in [0.25, 0.3) is 0 Å². The second-order valence-electron chi connectivity index (χ2n) is 10.5. The summed E-state index contributed by atoms with van der Waals surface area (Å²) >= 11 is 0. The highest BCUT2D eigenvalue weighted by molar-refractivity contribution is 5.66. The van der Waals surface area contributed by atoms with Crippen molar-refractivity contribution in [1.29, 1.82) is 0 Å². The van der Waals surface area contributed by atoms with Crippen LogP contribution in [0.5, 0.6) is 0 Å². The van der Waals surface area contributed by atoms with E-state index < -0.39 is 5.60 Å². The Morgan fingerprint density at radius 1 is 1.15 bits per heavy atom. The first-order valence-electron chi connectivity index (χ1n) is 10.6. The van der Waals surface area contributed by atoms with Gasteiger partial charge in [0.2, 0.25) is 0 Å². The van der Waals surface area contributed by atoms with Gasteiger partial charge in [-0.15, -0.1) is 0 Å². The molecule has 3 saturated heterocycles. The summed E-state index contributed by atoms with van der Waals surface area (Å²) in [6, 6.07) is 0. The predicted molar refractivity (Wildman–Crippen MR) is 99.7 cm³/mol. The normalized spacial score (nSPS) is 53.1. The summed E-state index contributed by atoms with van der Waals surface area (Å²) < 4.78 is 19.5. The second kappa shape index (κ2) is 5.94. The minimum absolute atomic E-state index is 0.112. The average molecular weight is 365 g/mol. The maximum absolute atomic E-state index is 11.9. The Labute approximate surface area is 158 Å². The molecule has 0 amide bonds. The van der Waals surface area contributed by atoms with Gasteiger partial charge in [0, 0.05) is 25.2 Å². The molecule has 148 valence electrons. The van der Waals surface area contributed by atoms with Gasteiger partial charge in [0.05, 0.1) is 23.4 Å². The first-order valence-corrected chi connectivity index (χ1v) is 10.6. The Morgan fingerprint density at radius 3 is 2.54 bits per heavy atom. The lowest BCUT2D eigenvalue weighted by atomic mass is 9.56. The molecule has 4 bridgehead atoms. The Hall–Kier alpha value is -0.610. The SMILES string of the molecule is CC(=O)O[C@]1(C)CC[C@H](C(C)C)[C@@H]2[C@H]1[C@H]1C[C@]3(C)CCC[C@@](C)(O3)[C@@H]2O1. The van der Waals surface area contributed by atoms with Gasteiger partial charge in [0.15, 0.2) is 0 Å². The van der Waals surface area contributed by atoms with Crippen LogP contribution >= 0.6 is 0 Å². The van der Waals surface area contributed by atoms with E-state index >= 15 is 0 Å². The van der Waals surface area contributed by atoms with Crippen LogP contribution < -0.4 is 0 Å². The van der Waals surface area contributed by atoms with Gasteiger partial charge in [0.1, 0.15) is 5.60 Å². The van der Waals surface area contributed by atoms with Gasteiger partial charge in [-0.1, -0.05) is 13.8 Å². The Balaban J connectivity index is 1.78. The molecule has 4 nitrogen and oxygen atoms in total. The molecule has 0 aromatic rings. The van der Waals surface area contributed by atoms with Crippen LogP contribution in [0.3, 0.4) is 0 Å². The molecule has 26 heavy (non-hydrogen) atoms. The van der Waals surface area contributed by atoms with Gasteiger partial charge in [-0.05, 0) is 64.7 Å². The van der Waals surface area contributed by atoms with Crippen molar-refractivity contribution < 1.29 is 19.0 Å². The third-order valence-corrected chi connectivity index (χ3v) is 7.99. The lowest BCUT2D eigenvalue weighted by molar-refractivity contribution is -0.219. The highest BCUT2D eigenvalue weighted by Gasteiger charge is 2.67. The summed E-state index contributed by atoms with van der Waals surface area (Å²) in [7, 11) is 0. The molecule has 0 radical (unpaired) electrons. The van der Waals surface area contributed by atoms with Crippen molar-refractivity contribution in [1.82, 2.24) is 0 Å². The molecule has 3 heterocycles. The minimum atomic E-state index is -0.417. The van der Waals surface area contributed by atoms with E-state index in [9.17, 15) is 4.79 Å². The quantitative estimate of drug-likeness (QED) is 0.677. The highest BCUT2D eigenvalue weighted by atomic mass is 16.6. The van der Waals surface area contributed by atoms with Crippen LogP contribution in [0.15, 0.2) is 0 Å². The third kappa shape index (κ3) is 2.74. The van der Waals surface area contributed by atoms with Gasteiger partial charge < -0.3 is 14.2 Å². The highest BCUT2D eigenvalue weighted by Crippen LogP contribution is 2.61. The van der Waals surface area contributed by atoms with Crippen LogP contribution in [0.1, 0.15) is 80.1 Å². The fraction of sp³-hybridized carbons (Fsp3) is 0.955. The molecule has 8 atom stereocenters. The monoisotopic (exact) mass is 364 g/mol. The first-order chi connectivity index (χ1) is 12.1. The molecule has 0 aromatic carbocycles. The minimum Gasteiger partial charge on any atom is -0.459 e. The van der Waals surface area contributed by atoms with Crippen LogP contribution in [0.25, 0.3) is 0 Å². The van der Waals surface area contributed by atoms with Gasteiger partial charge >= 0.3 is 5.97 Å².